The van der Waals surface area contributed by atoms with Crippen molar-refractivity contribution >= 4 is 15.8 Å². The zero-order chi connectivity index (χ0) is 17.1. The van der Waals surface area contributed by atoms with Gasteiger partial charge in [0.25, 0.3) is 0 Å². The van der Waals surface area contributed by atoms with Crippen molar-refractivity contribution in [1.29, 1.82) is 0 Å². The zero-order valence-electron chi connectivity index (χ0n) is 14.3. The van der Waals surface area contributed by atoms with Crippen LogP contribution in [-0.4, -0.2) is 46.2 Å². The number of hydrogen-bond acceptors (Lipinski definition) is 4. The molecule has 1 fully saturated rings. The minimum atomic E-state index is -2.39. The molecule has 2 rings (SSSR count). The highest BCUT2D eigenvalue weighted by Crippen LogP contribution is 2.20. The number of hydrogen-bond donors (Lipinski definition) is 0. The van der Waals surface area contributed by atoms with Gasteiger partial charge in [-0.15, -0.1) is 0 Å². The van der Waals surface area contributed by atoms with Crippen LogP contribution in [0.5, 0.6) is 0 Å². The van der Waals surface area contributed by atoms with E-state index in [0.29, 0.717) is 13.1 Å². The van der Waals surface area contributed by atoms with Crippen LogP contribution in [0.1, 0.15) is 33.6 Å². The summed E-state index contributed by atoms with van der Waals surface area (Å²) in [5, 5.41) is 0. The summed E-state index contributed by atoms with van der Waals surface area (Å²) in [5.74, 6) is 0. The molecular weight excluding hydrogens is 312 g/mol. The molecule has 128 valence electrons. The van der Waals surface area contributed by atoms with Gasteiger partial charge in [-0.1, -0.05) is 18.2 Å². The van der Waals surface area contributed by atoms with E-state index in [1.807, 2.05) is 51.1 Å². The molecule has 0 spiro atoms. The van der Waals surface area contributed by atoms with Gasteiger partial charge in [0.15, 0.2) is 0 Å². The lowest BCUT2D eigenvalue weighted by atomic mass is 10.1. The van der Waals surface area contributed by atoms with Crippen molar-refractivity contribution in [2.24, 2.45) is 4.36 Å². The fourth-order valence-electron chi connectivity index (χ4n) is 2.50. The van der Waals surface area contributed by atoms with Gasteiger partial charge < -0.3 is 9.64 Å². The minimum Gasteiger partial charge on any atom is -0.444 e. The van der Waals surface area contributed by atoms with Crippen molar-refractivity contribution < 1.29 is 13.7 Å². The van der Waals surface area contributed by atoms with Gasteiger partial charge in [0.2, 0.25) is 0 Å². The number of piperidine rings is 1. The Morgan fingerprint density at radius 1 is 1.22 bits per heavy atom. The van der Waals surface area contributed by atoms with Crippen molar-refractivity contribution in [2.45, 2.75) is 50.2 Å². The Kier molecular flexibility index (Phi) is 5.34. The van der Waals surface area contributed by atoms with E-state index in [2.05, 4.69) is 4.36 Å². The summed E-state index contributed by atoms with van der Waals surface area (Å²) in [5.41, 5.74) is -0.483. The van der Waals surface area contributed by atoms with Crippen LogP contribution in [0.25, 0.3) is 0 Å². The third kappa shape index (κ3) is 5.23. The standard InChI is InChI=1S/C17H26N2O3S/c1-17(2,3)22-16(20)19-12-10-14(11-13-19)18-23(4,21)15-8-6-5-7-9-15/h5-9,14H,10-13H2,1-4H3. The van der Waals surface area contributed by atoms with Crippen molar-refractivity contribution in [1.82, 2.24) is 4.90 Å². The average molecular weight is 338 g/mol. The molecule has 1 saturated heterocycles. The molecule has 1 unspecified atom stereocenters. The largest absolute Gasteiger partial charge is 0.444 e. The smallest absolute Gasteiger partial charge is 0.410 e. The molecule has 1 aromatic rings. The van der Waals surface area contributed by atoms with Crippen LogP contribution in [0.4, 0.5) is 4.79 Å². The molecule has 0 aromatic heterocycles. The van der Waals surface area contributed by atoms with Gasteiger partial charge in [-0.3, -0.25) is 0 Å². The molecule has 0 N–H and O–H groups in total. The van der Waals surface area contributed by atoms with Crippen molar-refractivity contribution in [3.05, 3.63) is 30.3 Å². The maximum absolute atomic E-state index is 12.8. The molecule has 1 amide bonds. The zero-order valence-corrected chi connectivity index (χ0v) is 15.1. The fraction of sp³-hybridized carbons (Fsp3) is 0.588. The number of benzene rings is 1. The van der Waals surface area contributed by atoms with Gasteiger partial charge in [-0.05, 0) is 45.7 Å². The van der Waals surface area contributed by atoms with Crippen molar-refractivity contribution in [3.8, 4) is 0 Å². The molecule has 1 aromatic carbocycles. The monoisotopic (exact) mass is 338 g/mol. The highest BCUT2D eigenvalue weighted by atomic mass is 32.2. The van der Waals surface area contributed by atoms with E-state index in [1.165, 1.54) is 0 Å². The lowest BCUT2D eigenvalue weighted by Crippen LogP contribution is -2.42. The van der Waals surface area contributed by atoms with Crippen LogP contribution in [0.3, 0.4) is 0 Å². The van der Waals surface area contributed by atoms with E-state index in [4.69, 9.17) is 4.74 Å². The Hall–Kier alpha value is -1.56. The summed E-state index contributed by atoms with van der Waals surface area (Å²) in [6.07, 6.45) is 2.84. The highest BCUT2D eigenvalue weighted by Gasteiger charge is 2.27. The second kappa shape index (κ2) is 6.91. The van der Waals surface area contributed by atoms with E-state index in [0.717, 1.165) is 17.7 Å². The molecule has 0 radical (unpaired) electrons. The molecule has 0 saturated carbocycles. The van der Waals surface area contributed by atoms with Gasteiger partial charge in [-0.2, -0.15) is 0 Å². The Morgan fingerprint density at radius 2 is 1.78 bits per heavy atom. The summed E-state index contributed by atoms with van der Waals surface area (Å²) < 4.78 is 22.7. The SMILES string of the molecule is CC(C)(C)OC(=O)N1CCC(N=S(C)(=O)c2ccccc2)CC1. The number of carbonyl (C=O) groups is 1. The van der Waals surface area contributed by atoms with E-state index < -0.39 is 15.3 Å². The molecule has 0 bridgehead atoms. The number of nitrogens with zero attached hydrogens (tertiary/aromatic N) is 2. The first-order valence-corrected chi connectivity index (χ1v) is 9.84. The Morgan fingerprint density at radius 3 is 2.30 bits per heavy atom. The van der Waals surface area contributed by atoms with Crippen LogP contribution >= 0.6 is 0 Å². The molecule has 23 heavy (non-hydrogen) atoms. The summed E-state index contributed by atoms with van der Waals surface area (Å²) in [6, 6.07) is 9.37. The van der Waals surface area contributed by atoms with E-state index in [9.17, 15) is 9.00 Å². The summed E-state index contributed by atoms with van der Waals surface area (Å²) >= 11 is 0. The number of carbonyl (C=O) groups excluding carboxylic acids is 1. The van der Waals surface area contributed by atoms with Gasteiger partial charge in [0.05, 0.1) is 15.8 Å². The van der Waals surface area contributed by atoms with Crippen LogP contribution < -0.4 is 0 Å². The van der Waals surface area contributed by atoms with Crippen LogP contribution in [-0.2, 0) is 14.5 Å². The van der Waals surface area contributed by atoms with Gasteiger partial charge >= 0.3 is 6.09 Å². The first-order valence-electron chi connectivity index (χ1n) is 7.92. The van der Waals surface area contributed by atoms with E-state index in [1.54, 1.807) is 11.2 Å². The molecular formula is C17H26N2O3S. The predicted octanol–water partition coefficient (Wildman–Crippen LogP) is 3.54. The third-order valence-corrected chi connectivity index (χ3v) is 5.49. The molecule has 5 nitrogen and oxygen atoms in total. The van der Waals surface area contributed by atoms with Gasteiger partial charge in [0, 0.05) is 24.2 Å². The second-order valence-corrected chi connectivity index (χ2v) is 9.21. The quantitative estimate of drug-likeness (QED) is 0.828. The maximum atomic E-state index is 12.8. The van der Waals surface area contributed by atoms with E-state index >= 15 is 0 Å². The predicted molar refractivity (Wildman–Crippen MR) is 92.0 cm³/mol. The number of likely N-dealkylation sites (tertiary alicyclic amines) is 1. The topological polar surface area (TPSA) is 59.0 Å². The summed E-state index contributed by atoms with van der Waals surface area (Å²) in [6.45, 7) is 6.76. The molecule has 1 atom stereocenters. The molecule has 6 heteroatoms. The first kappa shape index (κ1) is 17.8. The van der Waals surface area contributed by atoms with Gasteiger partial charge in [0.1, 0.15) is 5.60 Å². The Labute approximate surface area is 139 Å². The first-order chi connectivity index (χ1) is 10.7. The normalized spacial score (nSPS) is 19.0. The lowest BCUT2D eigenvalue weighted by molar-refractivity contribution is 0.0207. The van der Waals surface area contributed by atoms with E-state index in [-0.39, 0.29) is 12.1 Å². The van der Waals surface area contributed by atoms with Crippen LogP contribution in [0.15, 0.2) is 39.6 Å². The number of ether oxygens (including phenoxy) is 1. The fourth-order valence-corrected chi connectivity index (χ4v) is 4.06. The third-order valence-electron chi connectivity index (χ3n) is 3.65. The molecule has 1 heterocycles. The van der Waals surface area contributed by atoms with Gasteiger partial charge in [-0.25, -0.2) is 13.4 Å². The lowest BCUT2D eigenvalue weighted by Gasteiger charge is -2.32. The Balaban J connectivity index is 1.98. The maximum Gasteiger partial charge on any atom is 0.410 e. The molecule has 0 aliphatic carbocycles. The number of rotatable bonds is 2. The molecule has 1 aliphatic heterocycles. The van der Waals surface area contributed by atoms with Crippen LogP contribution in [0.2, 0.25) is 0 Å². The second-order valence-electron chi connectivity index (χ2n) is 6.92. The molecule has 1 aliphatic rings. The minimum absolute atomic E-state index is 0.0198. The highest BCUT2D eigenvalue weighted by molar-refractivity contribution is 7.93. The summed E-state index contributed by atoms with van der Waals surface area (Å²) in [4.78, 5) is 14.5. The van der Waals surface area contributed by atoms with Crippen LogP contribution in [0, 0.1) is 0 Å². The number of amides is 1. The van der Waals surface area contributed by atoms with Crippen molar-refractivity contribution in [2.75, 3.05) is 19.3 Å². The average Bonchev–Trinajstić information content (AvgIpc) is 2.47. The Bertz CT molecular complexity index is 650. The summed E-state index contributed by atoms with van der Waals surface area (Å²) in [7, 11) is -2.39. The van der Waals surface area contributed by atoms with Crippen molar-refractivity contribution in [3.63, 3.8) is 0 Å².